The highest BCUT2D eigenvalue weighted by molar-refractivity contribution is 4.82. The van der Waals surface area contributed by atoms with Gasteiger partial charge in [0.25, 0.3) is 0 Å². The van der Waals surface area contributed by atoms with Crippen LogP contribution in [0.2, 0.25) is 0 Å². The molecule has 1 saturated heterocycles. The lowest BCUT2D eigenvalue weighted by Gasteiger charge is -2.26. The maximum Gasteiger partial charge on any atom is 0.0730 e. The van der Waals surface area contributed by atoms with Gasteiger partial charge < -0.3 is 15.2 Å². The summed E-state index contributed by atoms with van der Waals surface area (Å²) in [6.07, 6.45) is 4.85. The van der Waals surface area contributed by atoms with Crippen LogP contribution in [0.25, 0.3) is 0 Å². The molecule has 0 aromatic carbocycles. The first-order chi connectivity index (χ1) is 6.94. The highest BCUT2D eigenvalue weighted by Crippen LogP contribution is 2.24. The van der Waals surface area contributed by atoms with Crippen LogP contribution in [0, 0.1) is 0 Å². The summed E-state index contributed by atoms with van der Waals surface area (Å²) in [4.78, 5) is 0. The molecule has 1 heterocycles. The highest BCUT2D eigenvalue weighted by Gasteiger charge is 2.28. The lowest BCUT2D eigenvalue weighted by Crippen LogP contribution is -2.37. The molecule has 0 saturated carbocycles. The van der Waals surface area contributed by atoms with Crippen molar-refractivity contribution in [3.8, 4) is 0 Å². The average Bonchev–Trinajstić information content (AvgIpc) is 2.61. The zero-order chi connectivity index (χ0) is 11.5. The Morgan fingerprint density at radius 3 is 2.60 bits per heavy atom. The SMILES string of the molecule is COC(C)(C)CCC(N)C1CCC(C)O1. The molecular weight excluding hydrogens is 190 g/mol. The fraction of sp³-hybridized carbons (Fsp3) is 1.00. The van der Waals surface area contributed by atoms with Gasteiger partial charge in [-0.2, -0.15) is 0 Å². The van der Waals surface area contributed by atoms with Gasteiger partial charge in [0.05, 0.1) is 17.8 Å². The minimum Gasteiger partial charge on any atom is -0.379 e. The molecule has 0 aromatic heterocycles. The van der Waals surface area contributed by atoms with Crippen molar-refractivity contribution in [2.75, 3.05) is 7.11 Å². The molecule has 0 amide bonds. The van der Waals surface area contributed by atoms with Crippen LogP contribution >= 0.6 is 0 Å². The van der Waals surface area contributed by atoms with Gasteiger partial charge in [0.1, 0.15) is 0 Å². The summed E-state index contributed by atoms with van der Waals surface area (Å²) in [5, 5.41) is 0. The normalized spacial score (nSPS) is 29.4. The molecule has 1 fully saturated rings. The van der Waals surface area contributed by atoms with Crippen molar-refractivity contribution in [2.24, 2.45) is 5.73 Å². The van der Waals surface area contributed by atoms with Gasteiger partial charge in [-0.1, -0.05) is 0 Å². The van der Waals surface area contributed by atoms with E-state index in [-0.39, 0.29) is 17.7 Å². The number of methoxy groups -OCH3 is 1. The van der Waals surface area contributed by atoms with Crippen molar-refractivity contribution in [3.63, 3.8) is 0 Å². The quantitative estimate of drug-likeness (QED) is 0.763. The predicted molar refractivity (Wildman–Crippen MR) is 61.9 cm³/mol. The highest BCUT2D eigenvalue weighted by atomic mass is 16.5. The fourth-order valence-electron chi connectivity index (χ4n) is 1.95. The maximum atomic E-state index is 6.12. The van der Waals surface area contributed by atoms with Gasteiger partial charge in [-0.3, -0.25) is 0 Å². The molecule has 0 aliphatic carbocycles. The summed E-state index contributed by atoms with van der Waals surface area (Å²) in [6.45, 7) is 6.31. The molecular formula is C12H25NO2. The van der Waals surface area contributed by atoms with Crippen LogP contribution < -0.4 is 5.73 Å². The van der Waals surface area contributed by atoms with Crippen LogP contribution in [0.15, 0.2) is 0 Å². The number of hydrogen-bond acceptors (Lipinski definition) is 3. The first-order valence-corrected chi connectivity index (χ1v) is 5.91. The molecule has 2 N–H and O–H groups in total. The van der Waals surface area contributed by atoms with Crippen molar-refractivity contribution in [3.05, 3.63) is 0 Å². The van der Waals surface area contributed by atoms with E-state index >= 15 is 0 Å². The summed E-state index contributed by atoms with van der Waals surface area (Å²) in [5.74, 6) is 0. The third kappa shape index (κ3) is 4.09. The van der Waals surface area contributed by atoms with Gasteiger partial charge >= 0.3 is 0 Å². The van der Waals surface area contributed by atoms with Crippen molar-refractivity contribution < 1.29 is 9.47 Å². The van der Waals surface area contributed by atoms with Crippen LogP contribution in [0.1, 0.15) is 46.5 Å². The Morgan fingerprint density at radius 1 is 1.47 bits per heavy atom. The molecule has 90 valence electrons. The Balaban J connectivity index is 2.27. The van der Waals surface area contributed by atoms with Crippen LogP contribution in [0.4, 0.5) is 0 Å². The van der Waals surface area contributed by atoms with Crippen molar-refractivity contribution in [1.29, 1.82) is 0 Å². The Labute approximate surface area is 93.3 Å². The van der Waals surface area contributed by atoms with E-state index in [2.05, 4.69) is 20.8 Å². The smallest absolute Gasteiger partial charge is 0.0730 e. The largest absolute Gasteiger partial charge is 0.379 e. The Kier molecular flexibility index (Phi) is 4.56. The fourth-order valence-corrected chi connectivity index (χ4v) is 1.95. The Bertz CT molecular complexity index is 194. The molecule has 1 rings (SSSR count). The van der Waals surface area contributed by atoms with E-state index in [0.717, 1.165) is 25.7 Å². The summed E-state index contributed by atoms with van der Waals surface area (Å²) in [6, 6.07) is 0.157. The Morgan fingerprint density at radius 2 is 2.13 bits per heavy atom. The number of ether oxygens (including phenoxy) is 2. The minimum absolute atomic E-state index is 0.0676. The van der Waals surface area contributed by atoms with E-state index in [1.54, 1.807) is 7.11 Å². The number of hydrogen-bond donors (Lipinski definition) is 1. The van der Waals surface area contributed by atoms with Crippen molar-refractivity contribution >= 4 is 0 Å². The van der Waals surface area contributed by atoms with E-state index in [9.17, 15) is 0 Å². The molecule has 3 unspecified atom stereocenters. The van der Waals surface area contributed by atoms with Crippen LogP contribution in [-0.4, -0.2) is 31.0 Å². The van der Waals surface area contributed by atoms with E-state index in [1.165, 1.54) is 0 Å². The molecule has 0 bridgehead atoms. The second-order valence-corrected chi connectivity index (χ2v) is 5.23. The summed E-state index contributed by atoms with van der Waals surface area (Å²) < 4.78 is 11.1. The van der Waals surface area contributed by atoms with Crippen LogP contribution in [0.5, 0.6) is 0 Å². The first-order valence-electron chi connectivity index (χ1n) is 5.91. The topological polar surface area (TPSA) is 44.5 Å². The first kappa shape index (κ1) is 12.9. The van der Waals surface area contributed by atoms with E-state index in [4.69, 9.17) is 15.2 Å². The van der Waals surface area contributed by atoms with Crippen molar-refractivity contribution in [2.45, 2.75) is 70.3 Å². The van der Waals surface area contributed by atoms with Crippen LogP contribution in [0.3, 0.4) is 0 Å². The molecule has 1 aliphatic heterocycles. The van der Waals surface area contributed by atoms with Gasteiger partial charge in [0.2, 0.25) is 0 Å². The van der Waals surface area contributed by atoms with Crippen molar-refractivity contribution in [1.82, 2.24) is 0 Å². The molecule has 1 aliphatic rings. The van der Waals surface area contributed by atoms with Gasteiger partial charge in [-0.05, 0) is 46.5 Å². The molecule has 3 heteroatoms. The van der Waals surface area contributed by atoms with E-state index < -0.39 is 0 Å². The zero-order valence-corrected chi connectivity index (χ0v) is 10.5. The summed E-state index contributed by atoms with van der Waals surface area (Å²) >= 11 is 0. The second-order valence-electron chi connectivity index (χ2n) is 5.23. The van der Waals surface area contributed by atoms with Crippen LogP contribution in [-0.2, 0) is 9.47 Å². The molecule has 3 nitrogen and oxygen atoms in total. The van der Waals surface area contributed by atoms with Gasteiger partial charge in [-0.25, -0.2) is 0 Å². The second kappa shape index (κ2) is 5.28. The average molecular weight is 215 g/mol. The summed E-state index contributed by atoms with van der Waals surface area (Å²) in [5.41, 5.74) is 6.05. The monoisotopic (exact) mass is 215 g/mol. The minimum atomic E-state index is -0.0676. The molecule has 15 heavy (non-hydrogen) atoms. The third-order valence-corrected chi connectivity index (χ3v) is 3.37. The lowest BCUT2D eigenvalue weighted by atomic mass is 9.96. The lowest BCUT2D eigenvalue weighted by molar-refractivity contribution is 0.00103. The number of nitrogens with two attached hydrogens (primary N) is 1. The van der Waals surface area contributed by atoms with Gasteiger partial charge in [0.15, 0.2) is 0 Å². The predicted octanol–water partition coefficient (Wildman–Crippen LogP) is 2.09. The molecule has 0 radical (unpaired) electrons. The summed E-state index contributed by atoms with van der Waals surface area (Å²) in [7, 11) is 1.75. The molecule has 0 spiro atoms. The molecule has 0 aromatic rings. The van der Waals surface area contributed by atoms with E-state index in [1.807, 2.05) is 0 Å². The number of rotatable bonds is 5. The molecule has 3 atom stereocenters. The van der Waals surface area contributed by atoms with Gasteiger partial charge in [0, 0.05) is 13.2 Å². The Hall–Kier alpha value is -0.120. The standard InChI is InChI=1S/C12H25NO2/c1-9-5-6-11(15-9)10(13)7-8-12(2,3)14-4/h9-11H,5-8,13H2,1-4H3. The van der Waals surface area contributed by atoms with E-state index in [0.29, 0.717) is 6.10 Å². The zero-order valence-electron chi connectivity index (χ0n) is 10.5. The third-order valence-electron chi connectivity index (χ3n) is 3.37. The maximum absolute atomic E-state index is 6.12. The van der Waals surface area contributed by atoms with Gasteiger partial charge in [-0.15, -0.1) is 0 Å².